The van der Waals surface area contributed by atoms with Crippen LogP contribution in [0.3, 0.4) is 0 Å². The molecule has 20 heavy (non-hydrogen) atoms. The van der Waals surface area contributed by atoms with Crippen LogP contribution < -0.4 is 10.5 Å². The average Bonchev–Trinajstić information content (AvgIpc) is 3.11. The van der Waals surface area contributed by atoms with E-state index in [1.54, 1.807) is 12.1 Å². The number of hydrogen-bond donors (Lipinski definition) is 2. The van der Waals surface area contributed by atoms with Crippen molar-refractivity contribution in [1.29, 1.82) is 0 Å². The van der Waals surface area contributed by atoms with Crippen LogP contribution in [0.4, 0.5) is 0 Å². The first kappa shape index (κ1) is 15.6. The van der Waals surface area contributed by atoms with Gasteiger partial charge < -0.3 is 5.32 Å². The van der Waals surface area contributed by atoms with E-state index in [0.717, 1.165) is 5.56 Å². The summed E-state index contributed by atoms with van der Waals surface area (Å²) in [5, 5.41) is 8.35. The lowest BCUT2D eigenvalue weighted by molar-refractivity contribution is -0.122. The second-order valence-corrected chi connectivity index (χ2v) is 7.27. The predicted octanol–water partition coefficient (Wildman–Crippen LogP) is 1.50. The Hall–Kier alpha value is -0.820. The van der Waals surface area contributed by atoms with Gasteiger partial charge in [0.15, 0.2) is 0 Å². The maximum absolute atomic E-state index is 11.8. The highest BCUT2D eigenvalue weighted by Gasteiger charge is 2.44. The molecule has 0 heterocycles. The summed E-state index contributed by atoms with van der Waals surface area (Å²) >= 11 is 12.0. The number of sulfonamides is 1. The first-order valence-electron chi connectivity index (χ1n) is 6.01. The molecule has 3 N–H and O–H groups in total. The third kappa shape index (κ3) is 3.85. The highest BCUT2D eigenvalue weighted by Crippen LogP contribution is 2.50. The summed E-state index contributed by atoms with van der Waals surface area (Å²) in [4.78, 5) is 11.8. The maximum Gasteiger partial charge on any atom is 0.223 e. The number of benzene rings is 1. The number of primary sulfonamides is 1. The molecule has 0 saturated heterocycles. The Bertz CT molecular complexity index is 634. The van der Waals surface area contributed by atoms with Crippen molar-refractivity contribution in [2.75, 3.05) is 12.3 Å². The van der Waals surface area contributed by atoms with Crippen LogP contribution in [0.15, 0.2) is 18.2 Å². The highest BCUT2D eigenvalue weighted by atomic mass is 35.5. The molecule has 1 aliphatic carbocycles. The lowest BCUT2D eigenvalue weighted by Crippen LogP contribution is -2.32. The van der Waals surface area contributed by atoms with Crippen LogP contribution in [0.25, 0.3) is 0 Å². The normalized spacial score (nSPS) is 21.6. The Labute approximate surface area is 127 Å². The van der Waals surface area contributed by atoms with Crippen molar-refractivity contribution in [1.82, 2.24) is 5.32 Å². The standard InChI is InChI=1S/C12H14Cl2N2O3S/c13-10-3-1-2-7(11(10)14)8-6-9(8)12(17)16-4-5-20(15,18)19/h1-3,8-9H,4-6H2,(H,16,17)(H2,15,18,19)/t8-,9+/m0/s1. The zero-order valence-corrected chi connectivity index (χ0v) is 12.8. The number of nitrogens with two attached hydrogens (primary N) is 1. The molecule has 0 unspecified atom stereocenters. The van der Waals surface area contributed by atoms with Crippen molar-refractivity contribution in [2.45, 2.75) is 12.3 Å². The van der Waals surface area contributed by atoms with Gasteiger partial charge >= 0.3 is 0 Å². The fourth-order valence-electron chi connectivity index (χ4n) is 2.08. The van der Waals surface area contributed by atoms with Crippen LogP contribution in [0, 0.1) is 5.92 Å². The van der Waals surface area contributed by atoms with Gasteiger partial charge in [-0.2, -0.15) is 0 Å². The Morgan fingerprint density at radius 2 is 2.10 bits per heavy atom. The molecule has 2 atom stereocenters. The summed E-state index contributed by atoms with van der Waals surface area (Å²) < 4.78 is 21.5. The quantitative estimate of drug-likeness (QED) is 0.853. The van der Waals surface area contributed by atoms with Crippen LogP contribution in [-0.4, -0.2) is 26.6 Å². The molecule has 0 bridgehead atoms. The Morgan fingerprint density at radius 1 is 1.40 bits per heavy atom. The number of amides is 1. The molecule has 1 aromatic rings. The smallest absolute Gasteiger partial charge is 0.223 e. The molecule has 2 rings (SSSR count). The summed E-state index contributed by atoms with van der Waals surface area (Å²) in [6.45, 7) is 0.0180. The predicted molar refractivity (Wildman–Crippen MR) is 78.3 cm³/mol. The minimum atomic E-state index is -3.56. The molecular formula is C12H14Cl2N2O3S. The Balaban J connectivity index is 1.91. The van der Waals surface area contributed by atoms with Gasteiger partial charge in [-0.05, 0) is 24.0 Å². The number of halogens is 2. The summed E-state index contributed by atoms with van der Waals surface area (Å²) in [7, 11) is -3.56. The fourth-order valence-corrected chi connectivity index (χ4v) is 2.92. The second-order valence-electron chi connectivity index (χ2n) is 4.75. The molecule has 0 radical (unpaired) electrons. The van der Waals surface area contributed by atoms with Gasteiger partial charge in [0.2, 0.25) is 15.9 Å². The van der Waals surface area contributed by atoms with Gasteiger partial charge in [-0.25, -0.2) is 13.6 Å². The number of carbonyl (C=O) groups is 1. The van der Waals surface area contributed by atoms with E-state index >= 15 is 0 Å². The highest BCUT2D eigenvalue weighted by molar-refractivity contribution is 7.89. The first-order valence-corrected chi connectivity index (χ1v) is 8.49. The molecule has 1 aromatic carbocycles. The Kier molecular flexibility index (Phi) is 4.59. The molecule has 1 aliphatic rings. The van der Waals surface area contributed by atoms with E-state index in [1.807, 2.05) is 6.07 Å². The number of nitrogens with one attached hydrogen (secondary N) is 1. The average molecular weight is 337 g/mol. The molecule has 1 amide bonds. The van der Waals surface area contributed by atoms with Crippen molar-refractivity contribution in [3.05, 3.63) is 33.8 Å². The third-order valence-corrected chi connectivity index (χ3v) is 4.80. The molecule has 0 aliphatic heterocycles. The topological polar surface area (TPSA) is 89.3 Å². The van der Waals surface area contributed by atoms with E-state index < -0.39 is 10.0 Å². The molecule has 110 valence electrons. The molecule has 1 fully saturated rings. The number of rotatable bonds is 5. The number of carbonyl (C=O) groups excluding carboxylic acids is 1. The maximum atomic E-state index is 11.8. The molecule has 0 aromatic heterocycles. The monoisotopic (exact) mass is 336 g/mol. The van der Waals surface area contributed by atoms with E-state index in [0.29, 0.717) is 16.5 Å². The van der Waals surface area contributed by atoms with Gasteiger partial charge in [-0.1, -0.05) is 35.3 Å². The Morgan fingerprint density at radius 3 is 2.75 bits per heavy atom. The minimum absolute atomic E-state index is 0.0180. The molecule has 5 nitrogen and oxygen atoms in total. The van der Waals surface area contributed by atoms with Crippen LogP contribution in [0.5, 0.6) is 0 Å². The van der Waals surface area contributed by atoms with Crippen molar-refractivity contribution in [2.24, 2.45) is 11.1 Å². The molecule has 0 spiro atoms. The van der Waals surface area contributed by atoms with E-state index in [9.17, 15) is 13.2 Å². The lowest BCUT2D eigenvalue weighted by atomic mass is 10.1. The first-order chi connectivity index (χ1) is 9.29. The van der Waals surface area contributed by atoms with Crippen molar-refractivity contribution in [3.8, 4) is 0 Å². The van der Waals surface area contributed by atoms with Crippen LogP contribution in [0.1, 0.15) is 17.9 Å². The van der Waals surface area contributed by atoms with Crippen molar-refractivity contribution in [3.63, 3.8) is 0 Å². The summed E-state index contributed by atoms with van der Waals surface area (Å²) in [6, 6.07) is 5.32. The zero-order valence-electron chi connectivity index (χ0n) is 10.5. The van der Waals surface area contributed by atoms with Crippen LogP contribution in [0.2, 0.25) is 10.0 Å². The fraction of sp³-hybridized carbons (Fsp3) is 0.417. The van der Waals surface area contributed by atoms with Crippen molar-refractivity contribution < 1.29 is 13.2 Å². The summed E-state index contributed by atoms with van der Waals surface area (Å²) in [5.41, 5.74) is 0.853. The lowest BCUT2D eigenvalue weighted by Gasteiger charge is -2.06. The van der Waals surface area contributed by atoms with Gasteiger partial charge in [-0.3, -0.25) is 4.79 Å². The van der Waals surface area contributed by atoms with Gasteiger partial charge in [0.25, 0.3) is 0 Å². The summed E-state index contributed by atoms with van der Waals surface area (Å²) in [5.74, 6) is -0.606. The van der Waals surface area contributed by atoms with Gasteiger partial charge in [-0.15, -0.1) is 0 Å². The largest absolute Gasteiger partial charge is 0.355 e. The third-order valence-electron chi connectivity index (χ3n) is 3.19. The number of hydrogen-bond acceptors (Lipinski definition) is 3. The molecule has 8 heteroatoms. The minimum Gasteiger partial charge on any atom is -0.355 e. The van der Waals surface area contributed by atoms with Gasteiger partial charge in [0.1, 0.15) is 0 Å². The van der Waals surface area contributed by atoms with Gasteiger partial charge in [0, 0.05) is 12.5 Å². The van der Waals surface area contributed by atoms with Gasteiger partial charge in [0.05, 0.1) is 15.8 Å². The summed E-state index contributed by atoms with van der Waals surface area (Å²) in [6.07, 6.45) is 0.682. The SMILES string of the molecule is NS(=O)(=O)CCNC(=O)[C@@H]1C[C@H]1c1cccc(Cl)c1Cl. The second kappa shape index (κ2) is 5.89. The van der Waals surface area contributed by atoms with Crippen molar-refractivity contribution >= 4 is 39.1 Å². The zero-order chi connectivity index (χ0) is 14.9. The van der Waals surface area contributed by atoms with E-state index in [4.69, 9.17) is 28.3 Å². The van der Waals surface area contributed by atoms with Crippen LogP contribution in [-0.2, 0) is 14.8 Å². The molecule has 1 saturated carbocycles. The van der Waals surface area contributed by atoms with E-state index in [-0.39, 0.29) is 30.0 Å². The van der Waals surface area contributed by atoms with E-state index in [2.05, 4.69) is 5.32 Å². The van der Waals surface area contributed by atoms with Crippen LogP contribution >= 0.6 is 23.2 Å². The van der Waals surface area contributed by atoms with E-state index in [1.165, 1.54) is 0 Å². The molecular weight excluding hydrogens is 323 g/mol.